The maximum atomic E-state index is 14.9. The van der Waals surface area contributed by atoms with E-state index in [1.165, 1.54) is 14.0 Å². The largest absolute Gasteiger partial charge is 0.469 e. The molecule has 9 aliphatic rings. The molecule has 5 aliphatic carbocycles. The van der Waals surface area contributed by atoms with Crippen molar-refractivity contribution in [1.82, 2.24) is 0 Å². The van der Waals surface area contributed by atoms with Gasteiger partial charge < -0.3 is 109 Å². The van der Waals surface area contributed by atoms with Crippen molar-refractivity contribution in [1.29, 1.82) is 0 Å². The Bertz CT molecular complexity index is 2220. The molecule has 0 spiro atoms. The normalized spacial score (nSPS) is 53.5. The number of carbonyl (C=O) groups is 2. The Kier molecular flexibility index (Phi) is 17.4. The molecule has 9 rings (SSSR count). The number of esters is 2. The van der Waals surface area contributed by atoms with Crippen LogP contribution in [0.4, 0.5) is 0 Å². The van der Waals surface area contributed by atoms with Gasteiger partial charge in [0.25, 0.3) is 0 Å². The van der Waals surface area contributed by atoms with Crippen molar-refractivity contribution in [3.63, 3.8) is 0 Å². The lowest BCUT2D eigenvalue weighted by molar-refractivity contribution is -0.397. The summed E-state index contributed by atoms with van der Waals surface area (Å²) in [6.07, 6.45) is -25.8. The van der Waals surface area contributed by atoms with Gasteiger partial charge in [-0.05, 0) is 117 Å². The SMILES string of the molecule is COC(=O)[C@@]1(C)CC[C@]2(C(=O)O[C@@H]3O[C@H](CO)[C@@H](O)[C@H](O)[C@H]3O)CC[C@@]3(C)C(=CC[C@@H]4[C@@]5(C)CC[C@H](O[C@@H]6O[C@H](CO)[C@@H](O)[C@H](O)[C@H]6O[C@@H]6O[C@H](CO)[C@@H](O)[C@H](O)[C@H]6O[C@@H]6O[C@@H](C)[C@H](O)[C@@H](O)[C@H]6O)C(C)(C)[C@@H]5CC[C@]43C)[C@@H]2C1. The lowest BCUT2D eigenvalue weighted by Crippen LogP contribution is -2.68. The third-order valence-corrected chi connectivity index (χ3v) is 21.8. The molecule has 4 aliphatic heterocycles. The maximum absolute atomic E-state index is 14.9. The predicted octanol–water partition coefficient (Wildman–Crippen LogP) is -1.85. The highest BCUT2D eigenvalue weighted by Gasteiger charge is 2.71. The Morgan fingerprint density at radius 1 is 0.557 bits per heavy atom. The zero-order chi connectivity index (χ0) is 57.9. The zero-order valence-electron chi connectivity index (χ0n) is 46.4. The quantitative estimate of drug-likeness (QED) is 0.0579. The molecule has 4 saturated carbocycles. The van der Waals surface area contributed by atoms with Gasteiger partial charge in [-0.25, -0.2) is 0 Å². The molecule has 0 amide bonds. The summed E-state index contributed by atoms with van der Waals surface area (Å²) in [6.45, 7) is 12.2. The number of aliphatic hydroxyl groups is 13. The van der Waals surface area contributed by atoms with Crippen LogP contribution >= 0.6 is 0 Å². The van der Waals surface area contributed by atoms with Gasteiger partial charge in [0, 0.05) is 0 Å². The second-order valence-corrected chi connectivity index (χ2v) is 26.1. The van der Waals surface area contributed by atoms with Gasteiger partial charge in [-0.1, -0.05) is 46.3 Å². The summed E-state index contributed by atoms with van der Waals surface area (Å²) in [5.41, 5.74) is -2.77. The van der Waals surface area contributed by atoms with Crippen LogP contribution in [-0.2, 0) is 52.2 Å². The molecule has 24 heteroatoms. The van der Waals surface area contributed by atoms with E-state index in [4.69, 9.17) is 42.6 Å². The minimum Gasteiger partial charge on any atom is -0.469 e. The highest BCUT2D eigenvalue weighted by molar-refractivity contribution is 5.81. The molecule has 0 aromatic rings. The minimum atomic E-state index is -1.89. The van der Waals surface area contributed by atoms with Gasteiger partial charge in [-0.3, -0.25) is 9.59 Å². The number of rotatable bonds is 12. The van der Waals surface area contributed by atoms with Crippen molar-refractivity contribution < 1.29 is 119 Å². The molecule has 4 saturated heterocycles. The van der Waals surface area contributed by atoms with E-state index >= 15 is 0 Å². The van der Waals surface area contributed by atoms with E-state index in [0.717, 1.165) is 18.4 Å². The first-order valence-electron chi connectivity index (χ1n) is 28.3. The Hall–Kier alpha value is -2.12. The Morgan fingerprint density at radius 2 is 1.08 bits per heavy atom. The van der Waals surface area contributed by atoms with Crippen LogP contribution in [-0.4, -0.2) is 234 Å². The summed E-state index contributed by atoms with van der Waals surface area (Å²) in [5.74, 6) is -1.41. The summed E-state index contributed by atoms with van der Waals surface area (Å²) in [7, 11) is 1.35. The van der Waals surface area contributed by atoms with Crippen molar-refractivity contribution in [2.75, 3.05) is 26.9 Å². The van der Waals surface area contributed by atoms with Gasteiger partial charge in [0.05, 0.1) is 50.0 Å². The van der Waals surface area contributed by atoms with Crippen molar-refractivity contribution in [3.05, 3.63) is 11.6 Å². The average molecular weight is 1130 g/mol. The van der Waals surface area contributed by atoms with Gasteiger partial charge in [-0.2, -0.15) is 0 Å². The fourth-order valence-corrected chi connectivity index (χ4v) is 16.7. The third-order valence-electron chi connectivity index (χ3n) is 21.8. The fraction of sp³-hybridized carbons (Fsp3) is 0.927. The molecule has 29 atom stereocenters. The Morgan fingerprint density at radius 3 is 1.66 bits per heavy atom. The molecule has 0 bridgehead atoms. The van der Waals surface area contributed by atoms with E-state index in [0.29, 0.717) is 38.5 Å². The Balaban J connectivity index is 0.980. The summed E-state index contributed by atoms with van der Waals surface area (Å²) in [5, 5.41) is 140. The van der Waals surface area contributed by atoms with Gasteiger partial charge in [-0.15, -0.1) is 0 Å². The van der Waals surface area contributed by atoms with Gasteiger partial charge >= 0.3 is 11.9 Å². The van der Waals surface area contributed by atoms with Gasteiger partial charge in [0.1, 0.15) is 91.6 Å². The predicted molar refractivity (Wildman–Crippen MR) is 268 cm³/mol. The lowest BCUT2D eigenvalue weighted by Gasteiger charge is -2.71. The molecular formula is C55H88O24. The third kappa shape index (κ3) is 9.87. The summed E-state index contributed by atoms with van der Waals surface area (Å²) in [6, 6.07) is 0. The van der Waals surface area contributed by atoms with Crippen LogP contribution in [0.25, 0.3) is 0 Å². The summed E-state index contributed by atoms with van der Waals surface area (Å²) >= 11 is 0. The summed E-state index contributed by atoms with van der Waals surface area (Å²) < 4.78 is 53.9. The molecular weight excluding hydrogens is 1040 g/mol. The molecule has 79 heavy (non-hydrogen) atoms. The van der Waals surface area contributed by atoms with Crippen LogP contribution in [0.1, 0.15) is 113 Å². The molecule has 0 aromatic heterocycles. The molecule has 0 unspecified atom stereocenters. The van der Waals surface area contributed by atoms with E-state index in [1.807, 2.05) is 6.92 Å². The number of hydrogen-bond acceptors (Lipinski definition) is 24. The monoisotopic (exact) mass is 1130 g/mol. The van der Waals surface area contributed by atoms with E-state index in [-0.39, 0.29) is 35.5 Å². The first-order chi connectivity index (χ1) is 37.0. The number of methoxy groups -OCH3 is 1. The molecule has 8 fully saturated rings. The van der Waals surface area contributed by atoms with E-state index < -0.39 is 188 Å². The van der Waals surface area contributed by atoms with Crippen LogP contribution in [0, 0.1) is 50.2 Å². The highest BCUT2D eigenvalue weighted by Crippen LogP contribution is 2.76. The number of allylic oxidation sites excluding steroid dienone is 2. The van der Waals surface area contributed by atoms with Crippen LogP contribution in [0.15, 0.2) is 11.6 Å². The second kappa shape index (κ2) is 22.4. The van der Waals surface area contributed by atoms with Crippen molar-refractivity contribution in [3.8, 4) is 0 Å². The average Bonchev–Trinajstić information content (AvgIpc) is 3.51. The minimum absolute atomic E-state index is 0.0237. The van der Waals surface area contributed by atoms with Gasteiger partial charge in [0.2, 0.25) is 6.29 Å². The first-order valence-corrected chi connectivity index (χ1v) is 28.3. The number of ether oxygens (including phenoxy) is 9. The standard InChI is InChI=1S/C55H88O24/c1-23-32(59)36(63)40(67)44(72-23)77-43-39(66)35(62)28(22-58)75-47(43)78-42-38(65)34(61)27(21-57)74-46(42)76-31-12-13-52(5)29(50(31,2)3)11-14-54(7)30(52)10-9-24-25-19-51(4,48(69)71-8)15-17-55(25,18-16-53(24,54)6)49(70)79-45-41(68)37(64)33(60)26(20-56)73-45/h9,23,25-47,56-68H,10-22H2,1-8H3/t23-,25-,26+,27+,28+,29-,30+,31-,32-,33+,34+,35+,36+,37-,38-,39-,40+,41+,42+,43+,44-,45-,46-,47-,51-,52-,53-,54+,55-/m0/s1. The van der Waals surface area contributed by atoms with Crippen LogP contribution in [0.2, 0.25) is 0 Å². The van der Waals surface area contributed by atoms with Crippen LogP contribution in [0.5, 0.6) is 0 Å². The molecule has 24 nitrogen and oxygen atoms in total. The Labute approximate surface area is 459 Å². The number of aliphatic hydroxyl groups excluding tert-OH is 13. The molecule has 452 valence electrons. The topological polar surface area (TPSA) is 380 Å². The van der Waals surface area contributed by atoms with E-state index in [9.17, 15) is 76.0 Å². The van der Waals surface area contributed by atoms with Crippen molar-refractivity contribution in [2.45, 2.75) is 242 Å². The highest BCUT2D eigenvalue weighted by atomic mass is 16.8. The van der Waals surface area contributed by atoms with E-state index in [1.54, 1.807) is 0 Å². The van der Waals surface area contributed by atoms with Crippen molar-refractivity contribution in [2.24, 2.45) is 50.2 Å². The summed E-state index contributed by atoms with van der Waals surface area (Å²) in [4.78, 5) is 28.5. The molecule has 4 heterocycles. The number of carbonyl (C=O) groups excluding carboxylic acids is 2. The number of fused-ring (bicyclic) bond motifs is 7. The maximum Gasteiger partial charge on any atom is 0.315 e. The van der Waals surface area contributed by atoms with Crippen LogP contribution in [0.3, 0.4) is 0 Å². The molecule has 0 radical (unpaired) electrons. The van der Waals surface area contributed by atoms with Crippen molar-refractivity contribution >= 4 is 11.9 Å². The second-order valence-electron chi connectivity index (χ2n) is 26.1. The van der Waals surface area contributed by atoms with Crippen LogP contribution < -0.4 is 0 Å². The lowest BCUT2D eigenvalue weighted by atomic mass is 9.33. The number of hydrogen-bond donors (Lipinski definition) is 13. The van der Waals surface area contributed by atoms with E-state index in [2.05, 4.69) is 40.7 Å². The fourth-order valence-electron chi connectivity index (χ4n) is 16.7. The van der Waals surface area contributed by atoms with Gasteiger partial charge in [0.15, 0.2) is 18.9 Å². The molecule has 13 N–H and O–H groups in total. The smallest absolute Gasteiger partial charge is 0.315 e. The molecule has 0 aromatic carbocycles. The first kappa shape index (κ1) is 61.4. The zero-order valence-corrected chi connectivity index (χ0v) is 46.4.